The van der Waals surface area contributed by atoms with Crippen molar-refractivity contribution in [1.29, 1.82) is 0 Å². The third-order valence-corrected chi connectivity index (χ3v) is 5.19. The van der Waals surface area contributed by atoms with E-state index in [-0.39, 0.29) is 0 Å². The second-order valence-electron chi connectivity index (χ2n) is 7.49. The maximum atomic E-state index is 5.93. The number of ether oxygens (including phenoxy) is 2. The number of unbranched alkanes of at least 4 members (excludes halogenated alkanes) is 1. The summed E-state index contributed by atoms with van der Waals surface area (Å²) in [7, 11) is 2.20. The third-order valence-electron chi connectivity index (χ3n) is 5.19. The van der Waals surface area contributed by atoms with Gasteiger partial charge in [-0.15, -0.1) is 0 Å². The fraction of sp³-hybridized carbons (Fsp3) is 0.700. The molecule has 0 N–H and O–H groups in total. The van der Waals surface area contributed by atoms with Gasteiger partial charge in [-0.2, -0.15) is 0 Å². The van der Waals surface area contributed by atoms with E-state index in [2.05, 4.69) is 23.8 Å². The number of likely N-dealkylation sites (N-methyl/N-ethyl adjacent to an activating group) is 1. The molecule has 3 rings (SSSR count). The normalized spacial score (nSPS) is 25.2. The van der Waals surface area contributed by atoms with E-state index in [1.165, 1.54) is 52.0 Å². The van der Waals surface area contributed by atoms with Gasteiger partial charge in [0, 0.05) is 26.2 Å². The average molecular weight is 332 g/mol. The topological polar surface area (TPSA) is 24.9 Å². The minimum absolute atomic E-state index is 0.418. The molecule has 24 heavy (non-hydrogen) atoms. The SMILES string of the molecule is CC1CC(Oc2ccc(OCCCCN3CCN(C)CC3)cc2)C1. The molecule has 0 atom stereocenters. The molecule has 2 fully saturated rings. The summed E-state index contributed by atoms with van der Waals surface area (Å²) in [5, 5.41) is 0. The van der Waals surface area contributed by atoms with Crippen molar-refractivity contribution in [2.24, 2.45) is 5.92 Å². The average Bonchev–Trinajstić information content (AvgIpc) is 2.56. The van der Waals surface area contributed by atoms with Gasteiger partial charge < -0.3 is 19.3 Å². The van der Waals surface area contributed by atoms with Gasteiger partial charge in [-0.05, 0) is 69.5 Å². The molecule has 1 aromatic rings. The Morgan fingerprint density at radius 2 is 1.62 bits per heavy atom. The highest BCUT2D eigenvalue weighted by atomic mass is 16.5. The van der Waals surface area contributed by atoms with Gasteiger partial charge in [0.25, 0.3) is 0 Å². The fourth-order valence-corrected chi connectivity index (χ4v) is 3.43. The van der Waals surface area contributed by atoms with Gasteiger partial charge in [0.1, 0.15) is 11.5 Å². The van der Waals surface area contributed by atoms with Crippen molar-refractivity contribution in [2.75, 3.05) is 46.4 Å². The summed E-state index contributed by atoms with van der Waals surface area (Å²) in [5.74, 6) is 2.74. The Labute approximate surface area is 146 Å². The van der Waals surface area contributed by atoms with E-state index >= 15 is 0 Å². The zero-order valence-electron chi connectivity index (χ0n) is 15.2. The maximum absolute atomic E-state index is 5.93. The summed E-state index contributed by atoms with van der Waals surface area (Å²) < 4.78 is 11.8. The minimum Gasteiger partial charge on any atom is -0.494 e. The van der Waals surface area contributed by atoms with Gasteiger partial charge >= 0.3 is 0 Å². The number of rotatable bonds is 8. The smallest absolute Gasteiger partial charge is 0.119 e. The maximum Gasteiger partial charge on any atom is 0.119 e. The lowest BCUT2D eigenvalue weighted by Crippen LogP contribution is -2.44. The van der Waals surface area contributed by atoms with Crippen molar-refractivity contribution >= 4 is 0 Å². The molecule has 4 nitrogen and oxygen atoms in total. The largest absolute Gasteiger partial charge is 0.494 e. The lowest BCUT2D eigenvalue weighted by molar-refractivity contribution is 0.0738. The molecule has 0 spiro atoms. The Morgan fingerprint density at radius 1 is 0.958 bits per heavy atom. The van der Waals surface area contributed by atoms with Crippen molar-refractivity contribution < 1.29 is 9.47 Å². The molecular formula is C20H32N2O2. The van der Waals surface area contributed by atoms with E-state index in [0.29, 0.717) is 6.10 Å². The predicted octanol–water partition coefficient (Wildman–Crippen LogP) is 3.27. The first-order valence-electron chi connectivity index (χ1n) is 9.49. The van der Waals surface area contributed by atoms with Gasteiger partial charge in [-0.25, -0.2) is 0 Å². The zero-order chi connectivity index (χ0) is 16.8. The molecule has 1 saturated carbocycles. The Balaban J connectivity index is 1.26. The molecule has 0 aromatic heterocycles. The van der Waals surface area contributed by atoms with Crippen LogP contribution in [0.5, 0.6) is 11.5 Å². The quantitative estimate of drug-likeness (QED) is 0.682. The number of piperazine rings is 1. The van der Waals surface area contributed by atoms with Crippen LogP contribution in [0, 0.1) is 5.92 Å². The lowest BCUT2D eigenvalue weighted by atomic mass is 9.84. The molecule has 4 heteroatoms. The Morgan fingerprint density at radius 3 is 2.29 bits per heavy atom. The first kappa shape index (κ1) is 17.6. The number of benzene rings is 1. The van der Waals surface area contributed by atoms with Crippen LogP contribution in [0.15, 0.2) is 24.3 Å². The van der Waals surface area contributed by atoms with Crippen LogP contribution < -0.4 is 9.47 Å². The number of nitrogens with zero attached hydrogens (tertiary/aromatic N) is 2. The Bertz CT molecular complexity index is 477. The van der Waals surface area contributed by atoms with Gasteiger partial charge in [-0.1, -0.05) is 6.92 Å². The standard InChI is InChI=1S/C20H32N2O2/c1-17-15-20(16-17)24-19-7-5-18(6-8-19)23-14-4-3-9-22-12-10-21(2)11-13-22/h5-8,17,20H,3-4,9-16H2,1-2H3. The summed E-state index contributed by atoms with van der Waals surface area (Å²) in [5.41, 5.74) is 0. The van der Waals surface area contributed by atoms with Gasteiger partial charge in [-0.3, -0.25) is 0 Å². The van der Waals surface area contributed by atoms with Crippen molar-refractivity contribution in [3.63, 3.8) is 0 Å². The molecular weight excluding hydrogens is 300 g/mol. The summed E-state index contributed by atoms with van der Waals surface area (Å²) in [4.78, 5) is 4.96. The molecule has 134 valence electrons. The van der Waals surface area contributed by atoms with E-state index < -0.39 is 0 Å². The van der Waals surface area contributed by atoms with Crippen molar-refractivity contribution in [3.05, 3.63) is 24.3 Å². The third kappa shape index (κ3) is 5.38. The van der Waals surface area contributed by atoms with Crippen LogP contribution in [0.4, 0.5) is 0 Å². The van der Waals surface area contributed by atoms with Gasteiger partial charge in [0.2, 0.25) is 0 Å². The summed E-state index contributed by atoms with van der Waals surface area (Å²) >= 11 is 0. The van der Waals surface area contributed by atoms with Crippen LogP contribution in [0.2, 0.25) is 0 Å². The van der Waals surface area contributed by atoms with Gasteiger partial charge in [0.15, 0.2) is 0 Å². The van der Waals surface area contributed by atoms with Crippen LogP contribution in [0.3, 0.4) is 0 Å². The molecule has 0 radical (unpaired) electrons. The van der Waals surface area contributed by atoms with Crippen molar-refractivity contribution in [1.82, 2.24) is 9.80 Å². The Hall–Kier alpha value is -1.26. The summed E-state index contributed by atoms with van der Waals surface area (Å²) in [6.45, 7) is 9.09. The van der Waals surface area contributed by atoms with Crippen LogP contribution in [0.1, 0.15) is 32.6 Å². The predicted molar refractivity (Wildman–Crippen MR) is 97.9 cm³/mol. The van der Waals surface area contributed by atoms with Crippen molar-refractivity contribution in [3.8, 4) is 11.5 Å². The molecule has 0 unspecified atom stereocenters. The highest BCUT2D eigenvalue weighted by Gasteiger charge is 2.26. The van der Waals surface area contributed by atoms with E-state index in [0.717, 1.165) is 30.4 Å². The summed E-state index contributed by atoms with van der Waals surface area (Å²) in [6.07, 6.45) is 5.12. The molecule has 1 saturated heterocycles. The molecule has 0 bridgehead atoms. The second-order valence-corrected chi connectivity index (χ2v) is 7.49. The van der Waals surface area contributed by atoms with E-state index in [1.54, 1.807) is 0 Å². The highest BCUT2D eigenvalue weighted by molar-refractivity contribution is 5.31. The van der Waals surface area contributed by atoms with E-state index in [9.17, 15) is 0 Å². The van der Waals surface area contributed by atoms with Crippen LogP contribution in [-0.2, 0) is 0 Å². The van der Waals surface area contributed by atoms with Crippen LogP contribution in [-0.4, -0.2) is 62.3 Å². The molecule has 0 amide bonds. The molecule has 1 aromatic carbocycles. The highest BCUT2D eigenvalue weighted by Crippen LogP contribution is 2.31. The number of hydrogen-bond donors (Lipinski definition) is 0. The molecule has 1 aliphatic heterocycles. The fourth-order valence-electron chi connectivity index (χ4n) is 3.43. The number of hydrogen-bond acceptors (Lipinski definition) is 4. The molecule has 1 heterocycles. The second kappa shape index (κ2) is 8.72. The lowest BCUT2D eigenvalue weighted by Gasteiger charge is -2.32. The van der Waals surface area contributed by atoms with E-state index in [1.807, 2.05) is 24.3 Å². The van der Waals surface area contributed by atoms with Crippen molar-refractivity contribution in [2.45, 2.75) is 38.7 Å². The van der Waals surface area contributed by atoms with Crippen LogP contribution >= 0.6 is 0 Å². The molecule has 1 aliphatic carbocycles. The van der Waals surface area contributed by atoms with Gasteiger partial charge in [0.05, 0.1) is 12.7 Å². The summed E-state index contributed by atoms with van der Waals surface area (Å²) in [6, 6.07) is 8.11. The molecule has 2 aliphatic rings. The van der Waals surface area contributed by atoms with Crippen LogP contribution in [0.25, 0.3) is 0 Å². The Kier molecular flexibility index (Phi) is 6.38. The first-order valence-corrected chi connectivity index (χ1v) is 9.49. The minimum atomic E-state index is 0.418. The monoisotopic (exact) mass is 332 g/mol. The first-order chi connectivity index (χ1) is 11.7. The van der Waals surface area contributed by atoms with E-state index in [4.69, 9.17) is 9.47 Å². The zero-order valence-corrected chi connectivity index (χ0v) is 15.2.